The number of quaternary nitrogens is 1. The molecular weight excluding hydrogens is 291 g/mol. The molecule has 3 atom stereocenters. The Balaban J connectivity index is 1.92. The third kappa shape index (κ3) is 4.42. The molecule has 1 aliphatic rings. The number of hydrogen-bond acceptors (Lipinski definition) is 1. The molecule has 5 heteroatoms. The number of anilines is 1. The van der Waals surface area contributed by atoms with Gasteiger partial charge in [0.1, 0.15) is 5.82 Å². The fourth-order valence-electron chi connectivity index (χ4n) is 2.93. The van der Waals surface area contributed by atoms with Gasteiger partial charge in [-0.25, -0.2) is 4.39 Å². The molecule has 1 saturated carbocycles. The van der Waals surface area contributed by atoms with Crippen molar-refractivity contribution in [3.8, 4) is 0 Å². The zero-order valence-electron chi connectivity index (χ0n) is 12.5. The molecule has 0 aromatic heterocycles. The Morgan fingerprint density at radius 1 is 1.43 bits per heavy atom. The highest BCUT2D eigenvalue weighted by molar-refractivity contribution is 6.33. The summed E-state index contributed by atoms with van der Waals surface area (Å²) >= 11 is 5.93. The van der Waals surface area contributed by atoms with Gasteiger partial charge in [-0.05, 0) is 44.4 Å². The molecule has 1 aliphatic carbocycles. The van der Waals surface area contributed by atoms with Gasteiger partial charge in [-0.3, -0.25) is 4.79 Å². The minimum Gasteiger partial charge on any atom is -0.334 e. The maximum Gasteiger partial charge on any atom is 0.282 e. The molecule has 0 unspecified atom stereocenters. The van der Waals surface area contributed by atoms with Gasteiger partial charge in [-0.1, -0.05) is 24.9 Å². The molecule has 2 rings (SSSR count). The molecule has 3 nitrogen and oxygen atoms in total. The number of carbonyl (C=O) groups excluding carboxylic acids is 1. The van der Waals surface area contributed by atoms with E-state index in [1.54, 1.807) is 0 Å². The summed E-state index contributed by atoms with van der Waals surface area (Å²) in [6, 6.07) is 4.30. The van der Waals surface area contributed by atoms with E-state index < -0.39 is 5.82 Å². The molecule has 0 spiro atoms. The minimum atomic E-state index is -0.409. The van der Waals surface area contributed by atoms with Crippen molar-refractivity contribution in [2.45, 2.75) is 51.6 Å². The van der Waals surface area contributed by atoms with E-state index in [9.17, 15) is 9.18 Å². The second kappa shape index (κ2) is 7.23. The second-order valence-electron chi connectivity index (χ2n) is 6.02. The van der Waals surface area contributed by atoms with E-state index in [0.29, 0.717) is 17.6 Å². The average Bonchev–Trinajstić information content (AvgIpc) is 2.44. The zero-order valence-corrected chi connectivity index (χ0v) is 13.3. The third-order valence-electron chi connectivity index (χ3n) is 4.32. The van der Waals surface area contributed by atoms with Crippen molar-refractivity contribution < 1.29 is 14.5 Å². The van der Waals surface area contributed by atoms with Crippen LogP contribution in [-0.4, -0.2) is 18.0 Å². The van der Waals surface area contributed by atoms with Crippen molar-refractivity contribution in [1.29, 1.82) is 0 Å². The minimum absolute atomic E-state index is 0.0960. The van der Waals surface area contributed by atoms with Crippen LogP contribution in [0.3, 0.4) is 0 Å². The summed E-state index contributed by atoms with van der Waals surface area (Å²) in [6.07, 6.45) is 4.93. The van der Waals surface area contributed by atoms with Crippen molar-refractivity contribution >= 4 is 23.2 Å². The molecule has 0 heterocycles. The van der Waals surface area contributed by atoms with Crippen LogP contribution in [0.1, 0.15) is 39.5 Å². The summed E-state index contributed by atoms with van der Waals surface area (Å²) in [5, 5.41) is 5.15. The first kappa shape index (κ1) is 16.2. The fraction of sp³-hybridized carbons (Fsp3) is 0.562. The number of hydrogen-bond donors (Lipinski definition) is 2. The van der Waals surface area contributed by atoms with E-state index in [-0.39, 0.29) is 17.0 Å². The van der Waals surface area contributed by atoms with Crippen LogP contribution in [0.5, 0.6) is 0 Å². The van der Waals surface area contributed by atoms with Crippen LogP contribution in [0.15, 0.2) is 18.2 Å². The van der Waals surface area contributed by atoms with E-state index in [2.05, 4.69) is 17.6 Å². The maximum atomic E-state index is 13.0. The standard InChI is InChI=1S/C16H22ClFN2O/c1-10-5-3-4-6-14(10)19-11(2)16(21)20-15-8-7-12(18)9-13(15)17/h7-11,14,19H,3-6H2,1-2H3,(H,20,21)/p+1/t10-,11+,14-/m1/s1. The Hall–Kier alpha value is -1.13. The van der Waals surface area contributed by atoms with E-state index in [0.717, 1.165) is 6.42 Å². The predicted octanol–water partition coefficient (Wildman–Crippen LogP) is 2.95. The molecule has 0 saturated heterocycles. The van der Waals surface area contributed by atoms with Crippen molar-refractivity contribution in [3.63, 3.8) is 0 Å². The third-order valence-corrected chi connectivity index (χ3v) is 4.63. The number of nitrogens with one attached hydrogen (secondary N) is 1. The van der Waals surface area contributed by atoms with Crippen LogP contribution >= 0.6 is 11.6 Å². The largest absolute Gasteiger partial charge is 0.334 e. The maximum absolute atomic E-state index is 13.0. The normalized spacial score (nSPS) is 23.6. The smallest absolute Gasteiger partial charge is 0.282 e. The van der Waals surface area contributed by atoms with Crippen LogP contribution in [0.2, 0.25) is 5.02 Å². The van der Waals surface area contributed by atoms with Crippen molar-refractivity contribution in [1.82, 2.24) is 0 Å². The lowest BCUT2D eigenvalue weighted by Crippen LogP contribution is -2.97. The lowest BCUT2D eigenvalue weighted by molar-refractivity contribution is -0.714. The van der Waals surface area contributed by atoms with Gasteiger partial charge in [0, 0.05) is 5.92 Å². The first-order valence-corrected chi connectivity index (χ1v) is 7.96. The highest BCUT2D eigenvalue weighted by atomic mass is 35.5. The zero-order chi connectivity index (χ0) is 15.4. The Morgan fingerprint density at radius 3 is 2.81 bits per heavy atom. The second-order valence-corrected chi connectivity index (χ2v) is 6.43. The number of carbonyl (C=O) groups is 1. The Labute approximate surface area is 130 Å². The van der Waals surface area contributed by atoms with Crippen molar-refractivity contribution in [2.75, 3.05) is 5.32 Å². The van der Waals surface area contributed by atoms with Crippen LogP contribution < -0.4 is 10.6 Å². The van der Waals surface area contributed by atoms with Gasteiger partial charge in [0.15, 0.2) is 6.04 Å². The van der Waals surface area contributed by atoms with Crippen molar-refractivity contribution in [3.05, 3.63) is 29.0 Å². The molecule has 21 heavy (non-hydrogen) atoms. The van der Waals surface area contributed by atoms with Crippen LogP contribution in [-0.2, 0) is 4.79 Å². The summed E-state index contributed by atoms with van der Waals surface area (Å²) in [4.78, 5) is 12.2. The van der Waals surface area contributed by atoms with Gasteiger partial charge < -0.3 is 10.6 Å². The molecule has 1 fully saturated rings. The monoisotopic (exact) mass is 313 g/mol. The van der Waals surface area contributed by atoms with E-state index in [1.807, 2.05) is 6.92 Å². The summed E-state index contributed by atoms with van der Waals surface area (Å²) < 4.78 is 13.0. The Morgan fingerprint density at radius 2 is 2.14 bits per heavy atom. The number of benzene rings is 1. The summed E-state index contributed by atoms with van der Waals surface area (Å²) in [5.41, 5.74) is 0.458. The van der Waals surface area contributed by atoms with E-state index in [1.165, 1.54) is 37.5 Å². The quantitative estimate of drug-likeness (QED) is 0.882. The lowest BCUT2D eigenvalue weighted by atomic mass is 9.85. The Kier molecular flexibility index (Phi) is 5.59. The summed E-state index contributed by atoms with van der Waals surface area (Å²) in [5.74, 6) is 0.137. The molecule has 0 bridgehead atoms. The Bertz CT molecular complexity index is 509. The number of rotatable bonds is 4. The van der Waals surface area contributed by atoms with Gasteiger partial charge in [0.25, 0.3) is 5.91 Å². The van der Waals surface area contributed by atoms with Gasteiger partial charge in [0.05, 0.1) is 16.8 Å². The van der Waals surface area contributed by atoms with Gasteiger partial charge in [-0.2, -0.15) is 0 Å². The van der Waals surface area contributed by atoms with Crippen LogP contribution in [0.25, 0.3) is 0 Å². The number of amides is 1. The van der Waals surface area contributed by atoms with Crippen LogP contribution in [0.4, 0.5) is 10.1 Å². The number of nitrogens with two attached hydrogens (primary N) is 1. The topological polar surface area (TPSA) is 45.7 Å². The number of halogens is 2. The van der Waals surface area contributed by atoms with Crippen LogP contribution in [0, 0.1) is 11.7 Å². The summed E-state index contributed by atoms with van der Waals surface area (Å²) in [7, 11) is 0. The fourth-order valence-corrected chi connectivity index (χ4v) is 3.14. The molecule has 0 aliphatic heterocycles. The first-order valence-electron chi connectivity index (χ1n) is 7.58. The molecule has 116 valence electrons. The van der Waals surface area contributed by atoms with E-state index in [4.69, 9.17) is 11.6 Å². The molecule has 3 N–H and O–H groups in total. The molecular formula is C16H23ClFN2O+. The summed E-state index contributed by atoms with van der Waals surface area (Å²) in [6.45, 7) is 4.15. The highest BCUT2D eigenvalue weighted by Gasteiger charge is 2.28. The molecule has 1 amide bonds. The average molecular weight is 314 g/mol. The van der Waals surface area contributed by atoms with E-state index >= 15 is 0 Å². The predicted molar refractivity (Wildman–Crippen MR) is 82.8 cm³/mol. The van der Waals surface area contributed by atoms with Crippen molar-refractivity contribution in [2.24, 2.45) is 5.92 Å². The first-order chi connectivity index (χ1) is 9.97. The van der Waals surface area contributed by atoms with Gasteiger partial charge >= 0.3 is 0 Å². The SMILES string of the molecule is C[C@H]([NH2+][C@@H]1CCCC[C@H]1C)C(=O)Nc1ccc(F)cc1Cl. The van der Waals surface area contributed by atoms with Gasteiger partial charge in [0.2, 0.25) is 0 Å². The lowest BCUT2D eigenvalue weighted by Gasteiger charge is -2.28. The molecule has 1 aromatic rings. The molecule has 1 aromatic carbocycles. The van der Waals surface area contributed by atoms with Gasteiger partial charge in [-0.15, -0.1) is 0 Å². The highest BCUT2D eigenvalue weighted by Crippen LogP contribution is 2.23. The molecule has 0 radical (unpaired) electrons.